The van der Waals surface area contributed by atoms with Crippen molar-refractivity contribution in [3.05, 3.63) is 34.9 Å². The Balaban J connectivity index is 2.48. The second-order valence-corrected chi connectivity index (χ2v) is 5.47. The molecular formula is C17H24N2O4. The normalized spacial score (nSPS) is 11.5. The molecule has 0 spiro atoms. The molecule has 0 aliphatic rings. The van der Waals surface area contributed by atoms with Crippen molar-refractivity contribution in [1.29, 1.82) is 0 Å². The van der Waals surface area contributed by atoms with E-state index in [2.05, 4.69) is 10.6 Å². The fraction of sp³-hybridized carbons (Fsp3) is 0.471. The molecule has 6 heteroatoms. The van der Waals surface area contributed by atoms with Crippen LogP contribution in [0.1, 0.15) is 41.8 Å². The van der Waals surface area contributed by atoms with Gasteiger partial charge in [0.05, 0.1) is 5.56 Å². The molecule has 0 aliphatic heterocycles. The first-order chi connectivity index (χ1) is 10.8. The smallest absolute Gasteiger partial charge is 0.338 e. The van der Waals surface area contributed by atoms with Crippen molar-refractivity contribution in [3.8, 4) is 0 Å². The molecule has 1 atom stereocenters. The Hall–Kier alpha value is -2.37. The minimum atomic E-state index is -0.673. The summed E-state index contributed by atoms with van der Waals surface area (Å²) in [7, 11) is 0. The summed E-state index contributed by atoms with van der Waals surface area (Å²) in [5.41, 5.74) is 2.16. The van der Waals surface area contributed by atoms with Gasteiger partial charge in [0.25, 0.3) is 5.91 Å². The van der Waals surface area contributed by atoms with Crippen LogP contribution in [0.15, 0.2) is 18.2 Å². The van der Waals surface area contributed by atoms with E-state index in [0.717, 1.165) is 17.5 Å². The van der Waals surface area contributed by atoms with Gasteiger partial charge in [-0.3, -0.25) is 9.59 Å². The van der Waals surface area contributed by atoms with Crippen molar-refractivity contribution in [3.63, 3.8) is 0 Å². The zero-order chi connectivity index (χ0) is 17.4. The highest BCUT2D eigenvalue weighted by Crippen LogP contribution is 2.11. The van der Waals surface area contributed by atoms with Gasteiger partial charge in [-0.25, -0.2) is 4.79 Å². The first-order valence-corrected chi connectivity index (χ1v) is 7.66. The van der Waals surface area contributed by atoms with Gasteiger partial charge >= 0.3 is 5.97 Å². The van der Waals surface area contributed by atoms with Crippen LogP contribution in [0, 0.1) is 13.8 Å². The maximum Gasteiger partial charge on any atom is 0.338 e. The van der Waals surface area contributed by atoms with Gasteiger partial charge in [0.2, 0.25) is 5.91 Å². The van der Waals surface area contributed by atoms with E-state index in [1.54, 1.807) is 19.9 Å². The summed E-state index contributed by atoms with van der Waals surface area (Å²) in [6.45, 7) is 7.33. The van der Waals surface area contributed by atoms with Gasteiger partial charge in [0, 0.05) is 6.54 Å². The first-order valence-electron chi connectivity index (χ1n) is 7.66. The number of rotatable bonds is 7. The third-order valence-electron chi connectivity index (χ3n) is 3.27. The molecular weight excluding hydrogens is 296 g/mol. The molecule has 0 heterocycles. The second kappa shape index (κ2) is 8.92. The summed E-state index contributed by atoms with van der Waals surface area (Å²) in [6.07, 6.45) is 0.819. The topological polar surface area (TPSA) is 84.5 Å². The molecule has 0 fully saturated rings. The van der Waals surface area contributed by atoms with Gasteiger partial charge in [-0.2, -0.15) is 0 Å². The monoisotopic (exact) mass is 320 g/mol. The Kier molecular flexibility index (Phi) is 7.25. The number of aryl methyl sites for hydroxylation is 2. The Morgan fingerprint density at radius 3 is 2.57 bits per heavy atom. The maximum atomic E-state index is 12.0. The molecule has 0 aliphatic carbocycles. The number of hydrogen-bond acceptors (Lipinski definition) is 4. The van der Waals surface area contributed by atoms with E-state index in [9.17, 15) is 14.4 Å². The lowest BCUT2D eigenvalue weighted by Crippen LogP contribution is -2.46. The molecule has 23 heavy (non-hydrogen) atoms. The minimum absolute atomic E-state index is 0.263. The maximum absolute atomic E-state index is 12.0. The number of carbonyl (C=O) groups is 3. The minimum Gasteiger partial charge on any atom is -0.452 e. The largest absolute Gasteiger partial charge is 0.452 e. The summed E-state index contributed by atoms with van der Waals surface area (Å²) in [5.74, 6) is -1.33. The number of benzene rings is 1. The highest BCUT2D eigenvalue weighted by molar-refractivity contribution is 5.93. The zero-order valence-corrected chi connectivity index (χ0v) is 14.1. The molecule has 126 valence electrons. The van der Waals surface area contributed by atoms with Gasteiger partial charge in [-0.05, 0) is 38.8 Å². The van der Waals surface area contributed by atoms with Crippen molar-refractivity contribution in [2.75, 3.05) is 13.2 Å². The molecule has 6 nitrogen and oxygen atoms in total. The van der Waals surface area contributed by atoms with Crippen molar-refractivity contribution < 1.29 is 19.1 Å². The summed E-state index contributed by atoms with van der Waals surface area (Å²) in [6, 6.07) is 4.77. The fourth-order valence-corrected chi connectivity index (χ4v) is 1.91. The quantitative estimate of drug-likeness (QED) is 0.746. The highest BCUT2D eigenvalue weighted by Gasteiger charge is 2.17. The van der Waals surface area contributed by atoms with Crippen LogP contribution in [-0.2, 0) is 14.3 Å². The number of amides is 2. The van der Waals surface area contributed by atoms with Gasteiger partial charge in [-0.15, -0.1) is 0 Å². The molecule has 0 saturated carbocycles. The van der Waals surface area contributed by atoms with Crippen LogP contribution in [-0.4, -0.2) is 37.0 Å². The van der Waals surface area contributed by atoms with E-state index < -0.39 is 24.5 Å². The lowest BCUT2D eigenvalue weighted by atomic mass is 10.1. The average Bonchev–Trinajstić information content (AvgIpc) is 2.52. The van der Waals surface area contributed by atoms with Crippen LogP contribution >= 0.6 is 0 Å². The Bertz CT molecular complexity index is 584. The van der Waals surface area contributed by atoms with Crippen LogP contribution in [0.5, 0.6) is 0 Å². The SMILES string of the molecule is CCCNC(=O)[C@H](C)NC(=O)COC(=O)c1cc(C)ccc1C. The van der Waals surface area contributed by atoms with E-state index in [4.69, 9.17) is 4.74 Å². The summed E-state index contributed by atoms with van der Waals surface area (Å²) >= 11 is 0. The molecule has 0 aromatic heterocycles. The lowest BCUT2D eigenvalue weighted by Gasteiger charge is -2.14. The highest BCUT2D eigenvalue weighted by atomic mass is 16.5. The van der Waals surface area contributed by atoms with Crippen molar-refractivity contribution in [2.45, 2.75) is 40.2 Å². The third-order valence-corrected chi connectivity index (χ3v) is 3.27. The van der Waals surface area contributed by atoms with E-state index in [1.165, 1.54) is 0 Å². The first kappa shape index (κ1) is 18.7. The Morgan fingerprint density at radius 2 is 1.91 bits per heavy atom. The van der Waals surface area contributed by atoms with E-state index >= 15 is 0 Å². The predicted molar refractivity (Wildman–Crippen MR) is 87.1 cm³/mol. The standard InChI is InChI=1S/C17H24N2O4/c1-5-8-18-16(21)13(4)19-15(20)10-23-17(22)14-9-11(2)6-7-12(14)3/h6-7,9,13H,5,8,10H2,1-4H3,(H,18,21)(H,19,20)/t13-/m0/s1. The summed E-state index contributed by atoms with van der Waals surface area (Å²) < 4.78 is 5.00. The number of esters is 1. The number of carbonyl (C=O) groups excluding carboxylic acids is 3. The van der Waals surface area contributed by atoms with Gasteiger partial charge in [0.1, 0.15) is 6.04 Å². The Labute approximate surface area is 136 Å². The molecule has 1 aromatic rings. The van der Waals surface area contributed by atoms with E-state index in [1.807, 2.05) is 26.0 Å². The van der Waals surface area contributed by atoms with E-state index in [0.29, 0.717) is 12.1 Å². The van der Waals surface area contributed by atoms with Crippen LogP contribution < -0.4 is 10.6 Å². The van der Waals surface area contributed by atoms with Gasteiger partial charge in [-0.1, -0.05) is 24.6 Å². The molecule has 0 radical (unpaired) electrons. The second-order valence-electron chi connectivity index (χ2n) is 5.47. The molecule has 0 saturated heterocycles. The summed E-state index contributed by atoms with van der Waals surface area (Å²) in [5, 5.41) is 5.17. The molecule has 0 bridgehead atoms. The van der Waals surface area contributed by atoms with Gasteiger partial charge in [0.15, 0.2) is 6.61 Å². The molecule has 1 rings (SSSR count). The molecule has 2 N–H and O–H groups in total. The number of ether oxygens (including phenoxy) is 1. The lowest BCUT2D eigenvalue weighted by molar-refractivity contribution is -0.130. The summed E-state index contributed by atoms with van der Waals surface area (Å²) in [4.78, 5) is 35.4. The predicted octanol–water partition coefficient (Wildman–Crippen LogP) is 1.49. The van der Waals surface area contributed by atoms with Crippen LogP contribution in [0.25, 0.3) is 0 Å². The third kappa shape index (κ3) is 6.10. The fourth-order valence-electron chi connectivity index (χ4n) is 1.91. The van der Waals surface area contributed by atoms with Crippen molar-refractivity contribution >= 4 is 17.8 Å². The van der Waals surface area contributed by atoms with Crippen LogP contribution in [0.4, 0.5) is 0 Å². The van der Waals surface area contributed by atoms with E-state index in [-0.39, 0.29) is 5.91 Å². The number of hydrogen-bond donors (Lipinski definition) is 2. The average molecular weight is 320 g/mol. The van der Waals surface area contributed by atoms with Crippen LogP contribution in [0.2, 0.25) is 0 Å². The molecule has 1 aromatic carbocycles. The van der Waals surface area contributed by atoms with Gasteiger partial charge < -0.3 is 15.4 Å². The van der Waals surface area contributed by atoms with Crippen molar-refractivity contribution in [1.82, 2.24) is 10.6 Å². The number of nitrogens with one attached hydrogen (secondary N) is 2. The molecule has 0 unspecified atom stereocenters. The Morgan fingerprint density at radius 1 is 1.22 bits per heavy atom. The van der Waals surface area contributed by atoms with Crippen LogP contribution in [0.3, 0.4) is 0 Å². The zero-order valence-electron chi connectivity index (χ0n) is 14.1. The van der Waals surface area contributed by atoms with Crippen molar-refractivity contribution in [2.24, 2.45) is 0 Å². The molecule has 2 amide bonds.